The molecule has 0 unspecified atom stereocenters. The highest BCUT2D eigenvalue weighted by molar-refractivity contribution is 6.30. The summed E-state index contributed by atoms with van der Waals surface area (Å²) in [6, 6.07) is 18.2. The van der Waals surface area contributed by atoms with Crippen LogP contribution in [0.5, 0.6) is 0 Å². The van der Waals surface area contributed by atoms with Crippen LogP contribution in [-0.4, -0.2) is 10.5 Å². The maximum atomic E-state index is 12.6. The number of amides is 1. The number of anilines is 1. The Hall–Kier alpha value is -2.85. The topological polar surface area (TPSA) is 51.1 Å². The Morgan fingerprint density at radius 1 is 1.04 bits per heavy atom. The number of benzene rings is 2. The second-order valence-electron chi connectivity index (χ2n) is 6.77. The summed E-state index contributed by atoms with van der Waals surface area (Å²) in [5, 5.41) is 3.50. The Balaban J connectivity index is 1.72. The molecule has 144 valence electrons. The molecule has 1 heterocycles. The van der Waals surface area contributed by atoms with Crippen molar-refractivity contribution in [3.05, 3.63) is 98.9 Å². The number of aromatic nitrogens is 1. The molecule has 0 fully saturated rings. The van der Waals surface area contributed by atoms with E-state index in [-0.39, 0.29) is 11.5 Å². The van der Waals surface area contributed by atoms with E-state index in [1.54, 1.807) is 24.4 Å². The molecule has 4 nitrogen and oxygen atoms in total. The SMILES string of the molecule is CCCCc1ccc(NC(=O)c2ccc(=O)n(Cc3cccc(Cl)c3)c2)cc1. The highest BCUT2D eigenvalue weighted by Crippen LogP contribution is 2.14. The molecule has 3 aromatic rings. The average Bonchev–Trinajstić information content (AvgIpc) is 2.69. The first-order valence-corrected chi connectivity index (χ1v) is 9.78. The highest BCUT2D eigenvalue weighted by atomic mass is 35.5. The molecule has 3 rings (SSSR count). The van der Waals surface area contributed by atoms with Crippen molar-refractivity contribution < 1.29 is 4.79 Å². The number of pyridine rings is 1. The zero-order chi connectivity index (χ0) is 19.9. The second-order valence-corrected chi connectivity index (χ2v) is 7.20. The summed E-state index contributed by atoms with van der Waals surface area (Å²) in [5.41, 5.74) is 3.15. The van der Waals surface area contributed by atoms with Crippen molar-refractivity contribution in [2.24, 2.45) is 0 Å². The van der Waals surface area contributed by atoms with Crippen molar-refractivity contribution in [2.75, 3.05) is 5.32 Å². The van der Waals surface area contributed by atoms with Crippen molar-refractivity contribution in [3.8, 4) is 0 Å². The van der Waals surface area contributed by atoms with E-state index in [9.17, 15) is 9.59 Å². The number of hydrogen-bond acceptors (Lipinski definition) is 2. The van der Waals surface area contributed by atoms with Crippen molar-refractivity contribution in [1.29, 1.82) is 0 Å². The third-order valence-corrected chi connectivity index (χ3v) is 4.75. The van der Waals surface area contributed by atoms with E-state index in [1.807, 2.05) is 36.4 Å². The van der Waals surface area contributed by atoms with Crippen molar-refractivity contribution in [2.45, 2.75) is 32.7 Å². The zero-order valence-electron chi connectivity index (χ0n) is 15.8. The molecule has 0 atom stereocenters. The molecule has 2 aromatic carbocycles. The molecule has 0 saturated heterocycles. The van der Waals surface area contributed by atoms with Gasteiger partial charge < -0.3 is 9.88 Å². The van der Waals surface area contributed by atoms with Crippen LogP contribution in [0.25, 0.3) is 0 Å². The van der Waals surface area contributed by atoms with Gasteiger partial charge in [-0.1, -0.05) is 49.2 Å². The summed E-state index contributed by atoms with van der Waals surface area (Å²) >= 11 is 6.01. The van der Waals surface area contributed by atoms with Crippen molar-refractivity contribution in [1.82, 2.24) is 4.57 Å². The predicted molar refractivity (Wildman–Crippen MR) is 114 cm³/mol. The molecule has 5 heteroatoms. The molecular formula is C23H23ClN2O2. The minimum atomic E-state index is -0.249. The molecule has 0 bridgehead atoms. The number of hydrogen-bond donors (Lipinski definition) is 1. The first-order chi connectivity index (χ1) is 13.5. The van der Waals surface area contributed by atoms with Crippen LogP contribution in [0, 0.1) is 0 Å². The van der Waals surface area contributed by atoms with Crippen LogP contribution < -0.4 is 10.9 Å². The largest absolute Gasteiger partial charge is 0.322 e. The number of unbranched alkanes of at least 4 members (excludes halogenated alkanes) is 1. The average molecular weight is 395 g/mol. The van der Waals surface area contributed by atoms with Crippen LogP contribution in [0.3, 0.4) is 0 Å². The zero-order valence-corrected chi connectivity index (χ0v) is 16.6. The number of rotatable bonds is 7. The maximum Gasteiger partial charge on any atom is 0.257 e. The van der Waals surface area contributed by atoms with Gasteiger partial charge in [0.15, 0.2) is 0 Å². The molecule has 1 N–H and O–H groups in total. The molecule has 0 aliphatic carbocycles. The number of nitrogens with zero attached hydrogens (tertiary/aromatic N) is 1. The van der Waals surface area contributed by atoms with Gasteiger partial charge in [-0.05, 0) is 54.3 Å². The van der Waals surface area contributed by atoms with Crippen molar-refractivity contribution in [3.63, 3.8) is 0 Å². The standard InChI is InChI=1S/C23H23ClN2O2/c1-2-3-5-17-8-11-21(12-9-17)25-23(28)19-10-13-22(27)26(16-19)15-18-6-4-7-20(24)14-18/h4,6-14,16H,2-3,5,15H2,1H3,(H,25,28). The molecular weight excluding hydrogens is 372 g/mol. The van der Waals surface area contributed by atoms with Gasteiger partial charge in [-0.25, -0.2) is 0 Å². The first-order valence-electron chi connectivity index (χ1n) is 9.40. The summed E-state index contributed by atoms with van der Waals surface area (Å²) in [6.45, 7) is 2.52. The molecule has 0 spiro atoms. The number of halogens is 1. The second kappa shape index (κ2) is 9.38. The van der Waals surface area contributed by atoms with E-state index >= 15 is 0 Å². The normalized spacial score (nSPS) is 10.6. The Labute approximate surface area is 169 Å². The maximum absolute atomic E-state index is 12.6. The fourth-order valence-corrected chi connectivity index (χ4v) is 3.17. The highest BCUT2D eigenvalue weighted by Gasteiger charge is 2.09. The van der Waals surface area contributed by atoms with Crippen LogP contribution in [0.15, 0.2) is 71.7 Å². The number of nitrogens with one attached hydrogen (secondary N) is 1. The first kappa shape index (κ1) is 19.9. The van der Waals surface area contributed by atoms with Gasteiger partial charge in [-0.15, -0.1) is 0 Å². The molecule has 0 radical (unpaired) electrons. The summed E-state index contributed by atoms with van der Waals surface area (Å²) < 4.78 is 1.51. The number of carbonyl (C=O) groups is 1. The fraction of sp³-hybridized carbons (Fsp3) is 0.217. The third kappa shape index (κ3) is 5.33. The van der Waals surface area contributed by atoms with E-state index in [0.717, 1.165) is 30.5 Å². The summed E-state index contributed by atoms with van der Waals surface area (Å²) in [4.78, 5) is 24.8. The van der Waals surface area contributed by atoms with Gasteiger partial charge >= 0.3 is 0 Å². The van der Waals surface area contributed by atoms with Gasteiger partial charge in [-0.2, -0.15) is 0 Å². The van der Waals surface area contributed by atoms with E-state index in [4.69, 9.17) is 11.6 Å². The molecule has 0 saturated carbocycles. The molecule has 28 heavy (non-hydrogen) atoms. The van der Waals surface area contributed by atoms with E-state index in [0.29, 0.717) is 17.1 Å². The Kier molecular flexibility index (Phi) is 6.66. The molecule has 0 aliphatic heterocycles. The minimum Gasteiger partial charge on any atom is -0.322 e. The predicted octanol–water partition coefficient (Wildman–Crippen LogP) is 5.14. The van der Waals surface area contributed by atoms with Crippen molar-refractivity contribution >= 4 is 23.2 Å². The Morgan fingerprint density at radius 2 is 1.82 bits per heavy atom. The lowest BCUT2D eigenvalue weighted by Gasteiger charge is -2.10. The lowest BCUT2D eigenvalue weighted by Crippen LogP contribution is -2.22. The summed E-state index contributed by atoms with van der Waals surface area (Å²) in [6.07, 6.45) is 4.93. The van der Waals surface area contributed by atoms with Crippen LogP contribution in [0.4, 0.5) is 5.69 Å². The summed E-state index contributed by atoms with van der Waals surface area (Å²) in [5.74, 6) is -0.249. The lowest BCUT2D eigenvalue weighted by molar-refractivity contribution is 0.102. The number of aryl methyl sites for hydroxylation is 1. The molecule has 0 aliphatic rings. The van der Waals surface area contributed by atoms with Gasteiger partial charge in [0.05, 0.1) is 12.1 Å². The van der Waals surface area contributed by atoms with E-state index < -0.39 is 0 Å². The minimum absolute atomic E-state index is 0.170. The molecule has 1 amide bonds. The van der Waals surface area contributed by atoms with E-state index in [2.05, 4.69) is 12.2 Å². The van der Waals surface area contributed by atoms with Crippen LogP contribution >= 0.6 is 11.6 Å². The number of carbonyl (C=O) groups excluding carboxylic acids is 1. The van der Waals surface area contributed by atoms with Gasteiger partial charge in [0.1, 0.15) is 0 Å². The fourth-order valence-electron chi connectivity index (χ4n) is 2.96. The molecule has 1 aromatic heterocycles. The van der Waals surface area contributed by atoms with Crippen LogP contribution in [0.1, 0.15) is 41.3 Å². The Morgan fingerprint density at radius 3 is 2.54 bits per heavy atom. The van der Waals surface area contributed by atoms with Gasteiger partial charge in [0.25, 0.3) is 11.5 Å². The van der Waals surface area contributed by atoms with Crippen LogP contribution in [0.2, 0.25) is 5.02 Å². The van der Waals surface area contributed by atoms with Gasteiger partial charge in [0, 0.05) is 23.0 Å². The third-order valence-electron chi connectivity index (χ3n) is 4.52. The summed E-state index contributed by atoms with van der Waals surface area (Å²) in [7, 11) is 0. The lowest BCUT2D eigenvalue weighted by atomic mass is 10.1. The van der Waals surface area contributed by atoms with E-state index in [1.165, 1.54) is 16.2 Å². The van der Waals surface area contributed by atoms with Gasteiger partial charge in [0.2, 0.25) is 0 Å². The van der Waals surface area contributed by atoms with Crippen LogP contribution in [-0.2, 0) is 13.0 Å². The smallest absolute Gasteiger partial charge is 0.257 e. The monoisotopic (exact) mass is 394 g/mol. The van der Waals surface area contributed by atoms with Gasteiger partial charge in [-0.3, -0.25) is 9.59 Å². The quantitative estimate of drug-likeness (QED) is 0.602. The Bertz CT molecular complexity index is 1010.